The maximum Gasteiger partial charge on any atom is 0.744 e. The molecule has 0 unspecified atom stereocenters. The van der Waals surface area contributed by atoms with Gasteiger partial charge < -0.3 is 38.9 Å². The summed E-state index contributed by atoms with van der Waals surface area (Å²) in [6, 6.07) is 3.39. The van der Waals surface area contributed by atoms with E-state index < -0.39 is 40.9 Å². The number of aliphatic hydroxyl groups excluding tert-OH is 4. The predicted molar refractivity (Wildman–Crippen MR) is 72.9 cm³/mol. The Balaban J connectivity index is 0.000000370. The maximum atomic E-state index is 8.95. The van der Waals surface area contributed by atoms with E-state index in [-0.39, 0.29) is 0 Å². The zero-order chi connectivity index (χ0) is 15.6. The number of aliphatic hydroxyl groups is 4. The first-order valence-corrected chi connectivity index (χ1v) is 8.13. The van der Waals surface area contributed by atoms with Gasteiger partial charge in [0, 0.05) is 7.11 Å². The average Bonchev–Trinajstić information content (AvgIpc) is 2.95. The van der Waals surface area contributed by atoms with Gasteiger partial charge in [-0.15, -0.1) is 11.3 Å². The second kappa shape index (κ2) is 9.39. The summed E-state index contributed by atoms with van der Waals surface area (Å²) in [5.41, 5.74) is -1.11. The Kier molecular flexibility index (Phi) is 9.12. The van der Waals surface area contributed by atoms with Gasteiger partial charge >= 0.3 is 9.05 Å². The molecule has 0 bridgehead atoms. The Morgan fingerprint density at radius 1 is 1.10 bits per heavy atom. The van der Waals surface area contributed by atoms with Crippen molar-refractivity contribution in [2.24, 2.45) is 5.41 Å². The van der Waals surface area contributed by atoms with Gasteiger partial charge in [0.25, 0.3) is 0 Å². The van der Waals surface area contributed by atoms with Gasteiger partial charge in [0.15, 0.2) is 5.06 Å². The van der Waals surface area contributed by atoms with Crippen molar-refractivity contribution in [1.29, 1.82) is 0 Å². The van der Waals surface area contributed by atoms with Crippen LogP contribution in [0.4, 0.5) is 0 Å². The summed E-state index contributed by atoms with van der Waals surface area (Å²) in [5, 5.41) is 36.2. The van der Waals surface area contributed by atoms with E-state index in [0.717, 1.165) is 0 Å². The van der Waals surface area contributed by atoms with Crippen molar-refractivity contribution in [3.05, 3.63) is 17.5 Å². The lowest BCUT2D eigenvalue weighted by Crippen LogP contribution is -2.44. The van der Waals surface area contributed by atoms with E-state index in [2.05, 4.69) is 4.43 Å². The van der Waals surface area contributed by atoms with Crippen molar-refractivity contribution in [2.75, 3.05) is 33.5 Å². The molecule has 0 amide bonds. The summed E-state index contributed by atoms with van der Waals surface area (Å²) in [5.74, 6) is 0. The Morgan fingerprint density at radius 2 is 1.60 bits per heavy atom. The smallest absolute Gasteiger partial charge is 0.471 e. The molecule has 0 aliphatic carbocycles. The molecule has 0 saturated carbocycles. The molecule has 20 heavy (non-hydrogen) atoms. The van der Waals surface area contributed by atoms with Crippen LogP contribution in [0, 0.1) is 5.41 Å². The third-order valence-corrected chi connectivity index (χ3v) is 4.25. The van der Waals surface area contributed by atoms with Crippen molar-refractivity contribution >= 4 is 20.4 Å². The third kappa shape index (κ3) is 6.74. The summed E-state index contributed by atoms with van der Waals surface area (Å²) in [6.07, 6.45) is 0. The van der Waals surface area contributed by atoms with Crippen LogP contribution in [-0.2, 0) is 4.43 Å². The number of rotatable bonds is 7. The SMILES string of the molecule is CO[Si](O)(O)Oc1cccs1.OCC(CO)(CO)CO. The molecule has 0 aromatic carbocycles. The van der Waals surface area contributed by atoms with E-state index in [9.17, 15) is 0 Å². The lowest BCUT2D eigenvalue weighted by molar-refractivity contribution is -0.0328. The van der Waals surface area contributed by atoms with Crippen LogP contribution < -0.4 is 4.43 Å². The van der Waals surface area contributed by atoms with Crippen LogP contribution >= 0.6 is 11.3 Å². The highest BCUT2D eigenvalue weighted by atomic mass is 32.1. The largest absolute Gasteiger partial charge is 0.744 e. The predicted octanol–water partition coefficient (Wildman–Crippen LogP) is -1.86. The van der Waals surface area contributed by atoms with Gasteiger partial charge in [-0.3, -0.25) is 0 Å². The molecule has 1 aromatic rings. The molecule has 8 nitrogen and oxygen atoms in total. The van der Waals surface area contributed by atoms with Gasteiger partial charge in [0.05, 0.1) is 31.8 Å². The van der Waals surface area contributed by atoms with Crippen LogP contribution in [-0.4, -0.2) is 72.6 Å². The lowest BCUT2D eigenvalue weighted by Gasteiger charge is -2.23. The third-order valence-electron chi connectivity index (χ3n) is 2.34. The highest BCUT2D eigenvalue weighted by Gasteiger charge is 2.37. The molecule has 118 valence electrons. The van der Waals surface area contributed by atoms with Gasteiger partial charge in [0.1, 0.15) is 0 Å². The maximum absolute atomic E-state index is 8.95. The molecule has 0 aliphatic rings. The first kappa shape index (κ1) is 19.4. The molecular formula is C10H20O8SSi. The van der Waals surface area contributed by atoms with E-state index >= 15 is 0 Å². The molecule has 1 rings (SSSR count). The van der Waals surface area contributed by atoms with Crippen molar-refractivity contribution < 1.29 is 38.9 Å². The van der Waals surface area contributed by atoms with Crippen molar-refractivity contribution in [3.63, 3.8) is 0 Å². The van der Waals surface area contributed by atoms with Crippen LogP contribution in [0.3, 0.4) is 0 Å². The van der Waals surface area contributed by atoms with Crippen LogP contribution in [0.25, 0.3) is 0 Å². The zero-order valence-electron chi connectivity index (χ0n) is 11.0. The second-order valence-electron chi connectivity index (χ2n) is 3.92. The van der Waals surface area contributed by atoms with Gasteiger partial charge in [-0.2, -0.15) is 0 Å². The van der Waals surface area contributed by atoms with Crippen LogP contribution in [0.1, 0.15) is 0 Å². The first-order valence-electron chi connectivity index (χ1n) is 5.54. The Hall–Kier alpha value is -0.563. The molecule has 0 spiro atoms. The molecule has 0 saturated heterocycles. The molecule has 0 fully saturated rings. The van der Waals surface area contributed by atoms with Gasteiger partial charge in [-0.05, 0) is 17.5 Å². The molecule has 0 radical (unpaired) electrons. The van der Waals surface area contributed by atoms with Crippen molar-refractivity contribution in [3.8, 4) is 5.06 Å². The molecule has 6 N–H and O–H groups in total. The molecule has 0 aliphatic heterocycles. The first-order chi connectivity index (χ1) is 9.38. The number of hydrogen-bond donors (Lipinski definition) is 6. The number of hydrogen-bond acceptors (Lipinski definition) is 9. The summed E-state index contributed by atoms with van der Waals surface area (Å²) >= 11 is 1.28. The van der Waals surface area contributed by atoms with Gasteiger partial charge in [-0.25, -0.2) is 0 Å². The fourth-order valence-corrected chi connectivity index (χ4v) is 2.17. The fourth-order valence-electron chi connectivity index (χ4n) is 0.794. The highest BCUT2D eigenvalue weighted by Crippen LogP contribution is 2.20. The molecule has 0 atom stereocenters. The number of thiophene rings is 1. The van der Waals surface area contributed by atoms with Crippen LogP contribution in [0.15, 0.2) is 17.5 Å². The highest BCUT2D eigenvalue weighted by molar-refractivity contribution is 7.12. The van der Waals surface area contributed by atoms with Crippen molar-refractivity contribution in [2.45, 2.75) is 0 Å². The quantitative estimate of drug-likeness (QED) is 0.320. The summed E-state index contributed by atoms with van der Waals surface area (Å²) in [4.78, 5) is 17.9. The Bertz CT molecular complexity index is 324. The van der Waals surface area contributed by atoms with Crippen LogP contribution in [0.5, 0.6) is 5.06 Å². The van der Waals surface area contributed by atoms with Gasteiger partial charge in [-0.1, -0.05) is 0 Å². The minimum absolute atomic E-state index is 0.406. The van der Waals surface area contributed by atoms with E-state index in [1.807, 2.05) is 0 Å². The average molecular weight is 328 g/mol. The summed E-state index contributed by atoms with van der Waals surface area (Å²) < 4.78 is 9.08. The van der Waals surface area contributed by atoms with Crippen LogP contribution in [0.2, 0.25) is 0 Å². The minimum Gasteiger partial charge on any atom is -0.471 e. The summed E-state index contributed by atoms with van der Waals surface area (Å²) in [7, 11) is -2.68. The van der Waals surface area contributed by atoms with E-state index in [1.54, 1.807) is 17.5 Å². The normalized spacial score (nSPS) is 11.8. The van der Waals surface area contributed by atoms with E-state index in [0.29, 0.717) is 5.06 Å². The topological polar surface area (TPSA) is 140 Å². The second-order valence-corrected chi connectivity index (χ2v) is 6.54. The lowest BCUT2D eigenvalue weighted by atomic mass is 9.93. The zero-order valence-corrected chi connectivity index (χ0v) is 12.8. The molecule has 1 heterocycles. The minimum atomic E-state index is -3.87. The molecule has 10 heteroatoms. The Morgan fingerprint density at radius 3 is 1.85 bits per heavy atom. The standard InChI is InChI=1S/C5H8O4SSi.C5H12O4/c1-8-11(6,7)9-5-3-2-4-10-5;6-1-5(2-7,3-8)4-9/h2-4,6-7H,1H3;6-9H,1-4H2. The van der Waals surface area contributed by atoms with E-state index in [4.69, 9.17) is 34.4 Å². The molecular weight excluding hydrogens is 308 g/mol. The Labute approximate surface area is 121 Å². The van der Waals surface area contributed by atoms with Crippen molar-refractivity contribution in [1.82, 2.24) is 0 Å². The molecule has 1 aromatic heterocycles. The van der Waals surface area contributed by atoms with E-state index in [1.165, 1.54) is 18.4 Å². The fraction of sp³-hybridized carbons (Fsp3) is 0.600. The van der Waals surface area contributed by atoms with Gasteiger partial charge in [0.2, 0.25) is 0 Å². The summed E-state index contributed by atoms with van der Waals surface area (Å²) in [6.45, 7) is -1.62. The monoisotopic (exact) mass is 328 g/mol.